The van der Waals surface area contributed by atoms with Crippen LogP contribution in [0, 0.1) is 6.92 Å². The molecule has 0 saturated carbocycles. The van der Waals surface area contributed by atoms with Crippen molar-refractivity contribution in [3.63, 3.8) is 0 Å². The number of sulfonamides is 1. The van der Waals surface area contributed by atoms with Gasteiger partial charge in [-0.2, -0.15) is 9.29 Å². The van der Waals surface area contributed by atoms with Gasteiger partial charge in [-0.05, 0) is 11.6 Å². The molecular formula is C16H20N4O3S. The quantitative estimate of drug-likeness (QED) is 0.815. The van der Waals surface area contributed by atoms with E-state index in [1.165, 1.54) is 9.71 Å². The summed E-state index contributed by atoms with van der Waals surface area (Å²) in [7, 11) is -3.40. The van der Waals surface area contributed by atoms with E-state index in [1.54, 1.807) is 13.0 Å². The van der Waals surface area contributed by atoms with Crippen LogP contribution in [0.3, 0.4) is 0 Å². The Morgan fingerprint density at radius 1 is 1.17 bits per heavy atom. The molecule has 8 heteroatoms. The van der Waals surface area contributed by atoms with Crippen molar-refractivity contribution in [2.45, 2.75) is 13.5 Å². The SMILES string of the molecule is Cc1nc(CN2CCN(S(=O)(=O)/C=C\c3ccccc3)CC2)no1. The molecule has 1 aromatic heterocycles. The first-order chi connectivity index (χ1) is 11.5. The molecule has 1 saturated heterocycles. The Hall–Kier alpha value is -2.03. The third-order valence-corrected chi connectivity index (χ3v) is 5.42. The lowest BCUT2D eigenvalue weighted by Gasteiger charge is -2.32. The maximum atomic E-state index is 12.4. The van der Waals surface area contributed by atoms with E-state index in [1.807, 2.05) is 30.3 Å². The normalized spacial score (nSPS) is 17.5. The second-order valence-electron chi connectivity index (χ2n) is 5.66. The predicted molar refractivity (Wildman–Crippen MR) is 90.3 cm³/mol. The molecule has 1 aromatic carbocycles. The first kappa shape index (κ1) is 16.8. The fourth-order valence-corrected chi connectivity index (χ4v) is 3.74. The highest BCUT2D eigenvalue weighted by Crippen LogP contribution is 2.13. The first-order valence-electron chi connectivity index (χ1n) is 7.78. The van der Waals surface area contributed by atoms with Crippen LogP contribution < -0.4 is 0 Å². The third-order valence-electron chi connectivity index (χ3n) is 3.86. The number of nitrogens with zero attached hydrogens (tertiary/aromatic N) is 4. The lowest BCUT2D eigenvalue weighted by atomic mass is 10.2. The Morgan fingerprint density at radius 3 is 2.50 bits per heavy atom. The smallest absolute Gasteiger partial charge is 0.236 e. The Kier molecular flexibility index (Phi) is 5.08. The molecule has 128 valence electrons. The molecule has 7 nitrogen and oxygen atoms in total. The summed E-state index contributed by atoms with van der Waals surface area (Å²) in [6.07, 6.45) is 1.63. The lowest BCUT2D eigenvalue weighted by Crippen LogP contribution is -2.47. The largest absolute Gasteiger partial charge is 0.340 e. The van der Waals surface area contributed by atoms with E-state index in [4.69, 9.17) is 4.52 Å². The van der Waals surface area contributed by atoms with Crippen molar-refractivity contribution in [3.8, 4) is 0 Å². The molecule has 0 unspecified atom stereocenters. The Bertz CT molecular complexity index is 794. The second-order valence-corrected chi connectivity index (χ2v) is 7.48. The molecule has 0 spiro atoms. The summed E-state index contributed by atoms with van der Waals surface area (Å²) in [6.45, 7) is 4.53. The van der Waals surface area contributed by atoms with Gasteiger partial charge in [-0.25, -0.2) is 8.42 Å². The van der Waals surface area contributed by atoms with Gasteiger partial charge in [0.15, 0.2) is 5.82 Å². The van der Waals surface area contributed by atoms with Crippen molar-refractivity contribution >= 4 is 16.1 Å². The van der Waals surface area contributed by atoms with Crippen molar-refractivity contribution in [1.29, 1.82) is 0 Å². The summed E-state index contributed by atoms with van der Waals surface area (Å²) < 4.78 is 31.3. The molecule has 0 radical (unpaired) electrons. The molecule has 24 heavy (non-hydrogen) atoms. The van der Waals surface area contributed by atoms with Gasteiger partial charge in [-0.3, -0.25) is 4.90 Å². The molecule has 1 fully saturated rings. The van der Waals surface area contributed by atoms with Crippen LogP contribution in [0.2, 0.25) is 0 Å². The minimum atomic E-state index is -3.40. The molecular weight excluding hydrogens is 328 g/mol. The van der Waals surface area contributed by atoms with Crippen molar-refractivity contribution in [1.82, 2.24) is 19.3 Å². The average molecular weight is 348 g/mol. The van der Waals surface area contributed by atoms with Crippen molar-refractivity contribution < 1.29 is 12.9 Å². The Labute approximate surface area is 141 Å². The topological polar surface area (TPSA) is 79.5 Å². The fourth-order valence-electron chi connectivity index (χ4n) is 2.56. The fraction of sp³-hybridized carbons (Fsp3) is 0.375. The van der Waals surface area contributed by atoms with Gasteiger partial charge < -0.3 is 4.52 Å². The maximum absolute atomic E-state index is 12.4. The van der Waals surface area contributed by atoms with Gasteiger partial charge in [-0.15, -0.1) is 0 Å². The monoisotopic (exact) mass is 348 g/mol. The lowest BCUT2D eigenvalue weighted by molar-refractivity contribution is 0.177. The van der Waals surface area contributed by atoms with Crippen molar-refractivity contribution in [2.75, 3.05) is 26.2 Å². The summed E-state index contributed by atoms with van der Waals surface area (Å²) in [5, 5.41) is 5.15. The summed E-state index contributed by atoms with van der Waals surface area (Å²) >= 11 is 0. The molecule has 0 bridgehead atoms. The summed E-state index contributed by atoms with van der Waals surface area (Å²) in [5.41, 5.74) is 0.868. The van der Waals surface area contributed by atoms with Gasteiger partial charge in [0, 0.05) is 38.5 Å². The van der Waals surface area contributed by atoms with Gasteiger partial charge in [0.25, 0.3) is 0 Å². The van der Waals surface area contributed by atoms with Gasteiger partial charge in [0.1, 0.15) is 0 Å². The highest BCUT2D eigenvalue weighted by Gasteiger charge is 2.25. The molecule has 3 rings (SSSR count). The number of aryl methyl sites for hydroxylation is 1. The zero-order chi connectivity index (χ0) is 17.0. The molecule has 0 N–H and O–H groups in total. The Morgan fingerprint density at radius 2 is 1.88 bits per heavy atom. The molecule has 0 atom stereocenters. The molecule has 1 aliphatic heterocycles. The zero-order valence-corrected chi connectivity index (χ0v) is 14.3. The molecule has 0 amide bonds. The van der Waals surface area contributed by atoms with Gasteiger partial charge in [-0.1, -0.05) is 35.5 Å². The third kappa shape index (κ3) is 4.28. The first-order valence-corrected chi connectivity index (χ1v) is 9.28. The summed E-state index contributed by atoms with van der Waals surface area (Å²) in [4.78, 5) is 6.30. The van der Waals surface area contributed by atoms with E-state index >= 15 is 0 Å². The van der Waals surface area contributed by atoms with Crippen molar-refractivity contribution in [2.24, 2.45) is 0 Å². The van der Waals surface area contributed by atoms with E-state index in [0.717, 1.165) is 5.56 Å². The molecule has 1 aliphatic rings. The van der Waals surface area contributed by atoms with E-state index in [2.05, 4.69) is 15.0 Å². The standard InChI is InChI=1S/C16H20N4O3S/c1-14-17-16(18-23-14)13-19-8-10-20(11-9-19)24(21,22)12-7-15-5-3-2-4-6-15/h2-7,12H,8-11,13H2,1H3/b12-7-. The summed E-state index contributed by atoms with van der Waals surface area (Å²) in [6, 6.07) is 9.40. The van der Waals surface area contributed by atoms with Crippen LogP contribution in [0.1, 0.15) is 17.3 Å². The molecule has 2 aromatic rings. The van der Waals surface area contributed by atoms with Crippen LogP contribution in [0.15, 0.2) is 40.3 Å². The number of piperazine rings is 1. The van der Waals surface area contributed by atoms with Crippen LogP contribution in [0.4, 0.5) is 0 Å². The zero-order valence-electron chi connectivity index (χ0n) is 13.5. The van der Waals surface area contributed by atoms with Crippen LogP contribution in [-0.4, -0.2) is 53.9 Å². The average Bonchev–Trinajstić information content (AvgIpc) is 2.99. The van der Waals surface area contributed by atoms with E-state index < -0.39 is 10.0 Å². The van der Waals surface area contributed by atoms with Gasteiger partial charge in [0.05, 0.1) is 6.54 Å². The number of rotatable bonds is 5. The number of benzene rings is 1. The summed E-state index contributed by atoms with van der Waals surface area (Å²) in [5.74, 6) is 1.17. The number of aromatic nitrogens is 2. The number of hydrogen-bond donors (Lipinski definition) is 0. The van der Waals surface area contributed by atoms with E-state index in [0.29, 0.717) is 44.4 Å². The number of hydrogen-bond acceptors (Lipinski definition) is 6. The van der Waals surface area contributed by atoms with Crippen molar-refractivity contribution in [3.05, 3.63) is 53.0 Å². The highest BCUT2D eigenvalue weighted by atomic mass is 32.2. The van der Waals surface area contributed by atoms with Crippen LogP contribution in [0.5, 0.6) is 0 Å². The van der Waals surface area contributed by atoms with Gasteiger partial charge >= 0.3 is 0 Å². The van der Waals surface area contributed by atoms with Crippen LogP contribution in [0.25, 0.3) is 6.08 Å². The predicted octanol–water partition coefficient (Wildman–Crippen LogP) is 1.50. The second kappa shape index (κ2) is 7.25. The minimum Gasteiger partial charge on any atom is -0.340 e. The maximum Gasteiger partial charge on any atom is 0.236 e. The van der Waals surface area contributed by atoms with Crippen LogP contribution in [-0.2, 0) is 16.6 Å². The van der Waals surface area contributed by atoms with E-state index in [9.17, 15) is 8.42 Å². The Balaban J connectivity index is 1.56. The molecule has 2 heterocycles. The minimum absolute atomic E-state index is 0.457. The van der Waals surface area contributed by atoms with Crippen LogP contribution >= 0.6 is 0 Å². The highest BCUT2D eigenvalue weighted by molar-refractivity contribution is 7.92. The van der Waals surface area contributed by atoms with Gasteiger partial charge in [0.2, 0.25) is 15.9 Å². The van der Waals surface area contributed by atoms with E-state index in [-0.39, 0.29) is 0 Å². The molecule has 0 aliphatic carbocycles.